The molecular formula is C17H19N3O3S2. The van der Waals surface area contributed by atoms with Gasteiger partial charge in [-0.3, -0.25) is 4.79 Å². The molecule has 0 atom stereocenters. The maximum Gasteiger partial charge on any atom is 0.307 e. The lowest BCUT2D eigenvalue weighted by Crippen LogP contribution is -2.33. The molecule has 0 aliphatic rings. The van der Waals surface area contributed by atoms with Crippen LogP contribution >= 0.6 is 11.3 Å². The third-order valence-electron chi connectivity index (χ3n) is 4.01. The van der Waals surface area contributed by atoms with Gasteiger partial charge >= 0.3 is 4.87 Å². The minimum atomic E-state index is -3.61. The molecule has 3 rings (SSSR count). The fourth-order valence-corrected chi connectivity index (χ4v) is 4.56. The number of sulfonamides is 1. The number of nitrogens with zero attached hydrogens (tertiary/aromatic N) is 2. The zero-order chi connectivity index (χ0) is 18.0. The highest BCUT2D eigenvalue weighted by Gasteiger charge is 2.16. The average Bonchev–Trinajstić information content (AvgIpc) is 2.89. The van der Waals surface area contributed by atoms with E-state index in [1.165, 1.54) is 10.6 Å². The summed E-state index contributed by atoms with van der Waals surface area (Å²) in [5.74, 6) is 0. The van der Waals surface area contributed by atoms with Gasteiger partial charge in [0.25, 0.3) is 0 Å². The van der Waals surface area contributed by atoms with Gasteiger partial charge in [0.05, 0.1) is 15.1 Å². The maximum absolute atomic E-state index is 12.5. The van der Waals surface area contributed by atoms with Crippen LogP contribution in [0, 0.1) is 0 Å². The highest BCUT2D eigenvalue weighted by Crippen LogP contribution is 2.21. The molecule has 0 fully saturated rings. The molecule has 0 radical (unpaired) electrons. The quantitative estimate of drug-likeness (QED) is 0.713. The Labute approximate surface area is 150 Å². The Bertz CT molecular complexity index is 1040. The third kappa shape index (κ3) is 3.76. The van der Waals surface area contributed by atoms with E-state index in [0.29, 0.717) is 11.2 Å². The number of rotatable bonds is 6. The first-order chi connectivity index (χ1) is 11.9. The van der Waals surface area contributed by atoms with Gasteiger partial charge in [0.15, 0.2) is 0 Å². The zero-order valence-electron chi connectivity index (χ0n) is 14.0. The van der Waals surface area contributed by atoms with E-state index < -0.39 is 10.0 Å². The van der Waals surface area contributed by atoms with Crippen LogP contribution in [0.1, 0.15) is 0 Å². The van der Waals surface area contributed by atoms with Crippen LogP contribution in [0.15, 0.2) is 58.2 Å². The molecular weight excluding hydrogens is 358 g/mol. The molecule has 0 saturated carbocycles. The number of para-hydroxylation sites is 1. The molecule has 6 nitrogen and oxygen atoms in total. The molecule has 0 saturated heterocycles. The minimum Gasteiger partial charge on any atom is -0.373 e. The van der Waals surface area contributed by atoms with Gasteiger partial charge in [0.1, 0.15) is 0 Å². The summed E-state index contributed by atoms with van der Waals surface area (Å²) in [5.41, 5.74) is 1.76. The van der Waals surface area contributed by atoms with Crippen molar-refractivity contribution >= 4 is 37.3 Å². The van der Waals surface area contributed by atoms with Crippen molar-refractivity contribution in [2.75, 3.05) is 25.0 Å². The highest BCUT2D eigenvalue weighted by atomic mass is 32.2. The van der Waals surface area contributed by atoms with Crippen LogP contribution in [0.3, 0.4) is 0 Å². The summed E-state index contributed by atoms with van der Waals surface area (Å²) in [7, 11) is -0.0271. The minimum absolute atomic E-state index is 0.109. The fraction of sp³-hybridized carbons (Fsp3) is 0.235. The van der Waals surface area contributed by atoms with Gasteiger partial charge in [0.2, 0.25) is 10.0 Å². The van der Waals surface area contributed by atoms with Crippen LogP contribution in [0.25, 0.3) is 10.2 Å². The Hall–Kier alpha value is -2.16. The molecule has 0 bridgehead atoms. The molecule has 0 amide bonds. The summed E-state index contributed by atoms with van der Waals surface area (Å²) >= 11 is 1.04. The van der Waals surface area contributed by atoms with Crippen LogP contribution in [0.5, 0.6) is 0 Å². The van der Waals surface area contributed by atoms with Crippen LogP contribution < -0.4 is 14.5 Å². The van der Waals surface area contributed by atoms with Crippen molar-refractivity contribution in [3.63, 3.8) is 0 Å². The van der Waals surface area contributed by atoms with Crippen LogP contribution in [-0.4, -0.2) is 33.1 Å². The number of aromatic nitrogens is 1. The second-order valence-electron chi connectivity index (χ2n) is 5.71. The smallest absolute Gasteiger partial charge is 0.307 e. The monoisotopic (exact) mass is 377 g/mol. The summed E-state index contributed by atoms with van der Waals surface area (Å²) in [5, 5.41) is 0. The molecule has 0 aliphatic carbocycles. The van der Waals surface area contributed by atoms with Crippen molar-refractivity contribution in [1.82, 2.24) is 9.29 Å². The Morgan fingerprint density at radius 2 is 1.88 bits per heavy atom. The molecule has 8 heteroatoms. The molecule has 0 aliphatic heterocycles. The Morgan fingerprint density at radius 1 is 1.16 bits per heavy atom. The predicted octanol–water partition coefficient (Wildman–Crippen LogP) is 2.01. The van der Waals surface area contributed by atoms with Crippen molar-refractivity contribution in [2.24, 2.45) is 7.05 Å². The van der Waals surface area contributed by atoms with Crippen LogP contribution in [-0.2, 0) is 17.1 Å². The number of hydrogen-bond donors (Lipinski definition) is 1. The lowest BCUT2D eigenvalue weighted by molar-refractivity contribution is 0.581. The predicted molar refractivity (Wildman–Crippen MR) is 102 cm³/mol. The van der Waals surface area contributed by atoms with Crippen molar-refractivity contribution in [2.45, 2.75) is 4.90 Å². The number of likely N-dealkylation sites (N-methyl/N-ethyl adjacent to an activating group) is 1. The molecule has 25 heavy (non-hydrogen) atoms. The van der Waals surface area contributed by atoms with Crippen molar-refractivity contribution in [1.29, 1.82) is 0 Å². The fourth-order valence-electron chi connectivity index (χ4n) is 2.52. The summed E-state index contributed by atoms with van der Waals surface area (Å²) in [6.07, 6.45) is 0. The molecule has 2 aromatic carbocycles. The molecule has 1 aromatic heterocycles. The lowest BCUT2D eigenvalue weighted by Gasteiger charge is -2.19. The van der Waals surface area contributed by atoms with Gasteiger partial charge in [-0.15, -0.1) is 0 Å². The topological polar surface area (TPSA) is 71.4 Å². The van der Waals surface area contributed by atoms with Crippen molar-refractivity contribution in [3.8, 4) is 0 Å². The Balaban J connectivity index is 1.70. The number of thiazole rings is 1. The summed E-state index contributed by atoms with van der Waals surface area (Å²) in [4.78, 5) is 13.7. The average molecular weight is 377 g/mol. The van der Waals surface area contributed by atoms with Gasteiger partial charge in [-0.2, -0.15) is 0 Å². The highest BCUT2D eigenvalue weighted by molar-refractivity contribution is 7.89. The number of fused-ring (bicyclic) bond motifs is 1. The van der Waals surface area contributed by atoms with E-state index in [1.54, 1.807) is 19.2 Å². The number of anilines is 1. The van der Waals surface area contributed by atoms with E-state index in [4.69, 9.17) is 0 Å². The molecule has 0 spiro atoms. The van der Waals surface area contributed by atoms with Gasteiger partial charge in [-0.1, -0.05) is 29.5 Å². The lowest BCUT2D eigenvalue weighted by atomic mass is 10.3. The van der Waals surface area contributed by atoms with Gasteiger partial charge in [-0.05, 0) is 30.3 Å². The normalized spacial score (nSPS) is 11.8. The van der Waals surface area contributed by atoms with E-state index in [2.05, 4.69) is 4.72 Å². The number of benzene rings is 2. The number of hydrogen-bond acceptors (Lipinski definition) is 5. The number of aryl methyl sites for hydroxylation is 1. The van der Waals surface area contributed by atoms with E-state index in [1.807, 2.05) is 42.3 Å². The van der Waals surface area contributed by atoms with Gasteiger partial charge < -0.3 is 9.47 Å². The standard InChI is InChI=1S/C17H19N3O3S2/c1-19(13-6-4-3-5-7-13)11-10-18-25(22,23)14-8-9-15-16(12-14)24-17(21)20(15)2/h3-9,12,18H,10-11H2,1-2H3. The molecule has 1 N–H and O–H groups in total. The maximum atomic E-state index is 12.5. The molecule has 132 valence electrons. The van der Waals surface area contributed by atoms with E-state index in [9.17, 15) is 13.2 Å². The second kappa shape index (κ2) is 6.99. The molecule has 1 heterocycles. The summed E-state index contributed by atoms with van der Waals surface area (Å²) in [6, 6.07) is 14.5. The first-order valence-corrected chi connectivity index (χ1v) is 10.0. The second-order valence-corrected chi connectivity index (χ2v) is 8.47. The van der Waals surface area contributed by atoms with Crippen LogP contribution in [0.4, 0.5) is 5.69 Å². The van der Waals surface area contributed by atoms with Crippen LogP contribution in [0.2, 0.25) is 0 Å². The molecule has 0 unspecified atom stereocenters. The van der Waals surface area contributed by atoms with Crippen molar-refractivity contribution < 1.29 is 8.42 Å². The number of nitrogens with one attached hydrogen (secondary N) is 1. The van der Waals surface area contributed by atoms with Gasteiger partial charge in [-0.25, -0.2) is 13.1 Å². The third-order valence-corrected chi connectivity index (χ3v) is 6.46. The zero-order valence-corrected chi connectivity index (χ0v) is 15.6. The van der Waals surface area contributed by atoms with Gasteiger partial charge in [0, 0.05) is 32.9 Å². The Morgan fingerprint density at radius 3 is 2.60 bits per heavy atom. The molecule has 3 aromatic rings. The van der Waals surface area contributed by atoms with E-state index >= 15 is 0 Å². The van der Waals surface area contributed by atoms with Crippen molar-refractivity contribution in [3.05, 3.63) is 58.2 Å². The Kier molecular flexibility index (Phi) is 4.94. The van der Waals surface area contributed by atoms with E-state index in [-0.39, 0.29) is 16.3 Å². The van der Waals surface area contributed by atoms with E-state index in [0.717, 1.165) is 22.5 Å². The first kappa shape index (κ1) is 17.7. The summed E-state index contributed by atoms with van der Waals surface area (Å²) < 4.78 is 29.7. The SMILES string of the molecule is CN(CCNS(=O)(=O)c1ccc2c(c1)sc(=O)n2C)c1ccccc1. The first-order valence-electron chi connectivity index (χ1n) is 7.74. The summed E-state index contributed by atoms with van der Waals surface area (Å²) in [6.45, 7) is 0.834. The largest absolute Gasteiger partial charge is 0.373 e.